The van der Waals surface area contributed by atoms with Crippen LogP contribution in [0.3, 0.4) is 0 Å². The maximum Gasteiger partial charge on any atom is 0.276 e. The second-order valence-corrected chi connectivity index (χ2v) is 5.32. The van der Waals surface area contributed by atoms with Crippen molar-refractivity contribution >= 4 is 23.1 Å². The van der Waals surface area contributed by atoms with Crippen molar-refractivity contribution in [3.05, 3.63) is 27.4 Å². The molecule has 98 valence electrons. The second-order valence-electron chi connectivity index (χ2n) is 4.94. The highest BCUT2D eigenvalue weighted by Gasteiger charge is 2.25. The molecule has 0 bridgehead atoms. The summed E-state index contributed by atoms with van der Waals surface area (Å²) in [6.45, 7) is 5.21. The first-order chi connectivity index (χ1) is 8.47. The predicted octanol–water partition coefficient (Wildman–Crippen LogP) is 3.27. The number of pyridine rings is 1. The molecule has 1 aromatic heterocycles. The van der Waals surface area contributed by atoms with Crippen molar-refractivity contribution in [1.82, 2.24) is 4.98 Å². The van der Waals surface area contributed by atoms with E-state index in [-0.39, 0.29) is 10.8 Å². The zero-order valence-corrected chi connectivity index (χ0v) is 11.2. The Morgan fingerprint density at radius 1 is 1.50 bits per heavy atom. The smallest absolute Gasteiger partial charge is 0.276 e. The predicted molar refractivity (Wildman–Crippen MR) is 71.1 cm³/mol. The summed E-state index contributed by atoms with van der Waals surface area (Å²) in [5.41, 5.74) is -0.00387. The van der Waals surface area contributed by atoms with Crippen molar-refractivity contribution in [2.75, 3.05) is 11.4 Å². The molecule has 0 N–H and O–H groups in total. The maximum atomic E-state index is 10.8. The van der Waals surface area contributed by atoms with Crippen LogP contribution in [0.2, 0.25) is 5.15 Å². The van der Waals surface area contributed by atoms with E-state index in [2.05, 4.69) is 23.7 Å². The molecular weight excluding hydrogens is 254 g/mol. The van der Waals surface area contributed by atoms with Crippen LogP contribution < -0.4 is 4.90 Å². The molecule has 2 unspecified atom stereocenters. The van der Waals surface area contributed by atoms with E-state index in [9.17, 15) is 10.1 Å². The Labute approximate surface area is 111 Å². The normalized spacial score (nSPS) is 24.1. The minimum Gasteiger partial charge on any atom is -0.354 e. The molecule has 0 aromatic carbocycles. The molecule has 0 amide bonds. The first kappa shape index (κ1) is 13.1. The van der Waals surface area contributed by atoms with Gasteiger partial charge in [-0.25, -0.2) is 4.98 Å². The third-order valence-electron chi connectivity index (χ3n) is 3.41. The van der Waals surface area contributed by atoms with Gasteiger partial charge in [-0.15, -0.1) is 0 Å². The van der Waals surface area contributed by atoms with Gasteiger partial charge in [-0.3, -0.25) is 10.1 Å². The van der Waals surface area contributed by atoms with Gasteiger partial charge in [-0.1, -0.05) is 18.5 Å². The molecule has 2 rings (SSSR count). The Hall–Kier alpha value is -1.36. The van der Waals surface area contributed by atoms with Crippen LogP contribution in [0.4, 0.5) is 11.5 Å². The van der Waals surface area contributed by atoms with Gasteiger partial charge in [0.05, 0.1) is 17.1 Å². The molecule has 1 aromatic rings. The molecule has 5 nitrogen and oxygen atoms in total. The number of hydrogen-bond donors (Lipinski definition) is 0. The van der Waals surface area contributed by atoms with E-state index in [0.717, 1.165) is 19.4 Å². The molecule has 0 aliphatic carbocycles. The summed E-state index contributed by atoms with van der Waals surface area (Å²) in [6, 6.07) is 3.11. The van der Waals surface area contributed by atoms with E-state index in [1.807, 2.05) is 0 Å². The number of rotatable bonds is 2. The molecule has 0 radical (unpaired) electrons. The highest BCUT2D eigenvalue weighted by atomic mass is 35.5. The molecule has 2 atom stereocenters. The number of nitrogens with zero attached hydrogens (tertiary/aromatic N) is 3. The molecule has 2 heterocycles. The average molecular weight is 270 g/mol. The highest BCUT2D eigenvalue weighted by molar-refractivity contribution is 6.29. The van der Waals surface area contributed by atoms with Gasteiger partial charge in [0.1, 0.15) is 11.0 Å². The molecule has 1 aliphatic heterocycles. The van der Waals surface area contributed by atoms with Crippen LogP contribution in [0.1, 0.15) is 26.7 Å². The van der Waals surface area contributed by atoms with Gasteiger partial charge in [0.2, 0.25) is 0 Å². The van der Waals surface area contributed by atoms with Gasteiger partial charge in [-0.2, -0.15) is 0 Å². The number of aromatic nitrogens is 1. The van der Waals surface area contributed by atoms with E-state index in [0.29, 0.717) is 17.8 Å². The molecule has 1 fully saturated rings. The molecular formula is C12H16ClN3O2. The lowest BCUT2D eigenvalue weighted by Gasteiger charge is -2.37. The SMILES string of the molecule is CC1CCN(c2cc([N+](=O)[O-])cc(Cl)n2)C(C)C1. The molecule has 0 saturated carbocycles. The van der Waals surface area contributed by atoms with Gasteiger partial charge in [-0.05, 0) is 25.7 Å². The average Bonchev–Trinajstić information content (AvgIpc) is 2.27. The number of halogens is 1. The van der Waals surface area contributed by atoms with Crippen molar-refractivity contribution in [2.45, 2.75) is 32.7 Å². The van der Waals surface area contributed by atoms with Gasteiger partial charge >= 0.3 is 0 Å². The largest absolute Gasteiger partial charge is 0.354 e. The van der Waals surface area contributed by atoms with Crippen molar-refractivity contribution in [3.8, 4) is 0 Å². The fourth-order valence-corrected chi connectivity index (χ4v) is 2.67. The summed E-state index contributed by atoms with van der Waals surface area (Å²) in [7, 11) is 0. The van der Waals surface area contributed by atoms with Crippen LogP contribution in [-0.2, 0) is 0 Å². The van der Waals surface area contributed by atoms with Crippen molar-refractivity contribution in [1.29, 1.82) is 0 Å². The maximum absolute atomic E-state index is 10.8. The first-order valence-corrected chi connectivity index (χ1v) is 6.44. The van der Waals surface area contributed by atoms with Crippen molar-refractivity contribution in [3.63, 3.8) is 0 Å². The molecule has 18 heavy (non-hydrogen) atoms. The van der Waals surface area contributed by atoms with E-state index in [1.165, 1.54) is 12.1 Å². The van der Waals surface area contributed by atoms with Crippen LogP contribution in [0.25, 0.3) is 0 Å². The standard InChI is InChI=1S/C12H16ClN3O2/c1-8-3-4-15(9(2)5-8)12-7-10(16(17)18)6-11(13)14-12/h6-9H,3-5H2,1-2H3. The van der Waals surface area contributed by atoms with Crippen LogP contribution in [-0.4, -0.2) is 22.5 Å². The Balaban J connectivity index is 2.30. The highest BCUT2D eigenvalue weighted by Crippen LogP contribution is 2.29. The van der Waals surface area contributed by atoms with E-state index >= 15 is 0 Å². The lowest BCUT2D eigenvalue weighted by Crippen LogP contribution is -2.40. The zero-order chi connectivity index (χ0) is 13.3. The van der Waals surface area contributed by atoms with Gasteiger partial charge in [0, 0.05) is 12.6 Å². The minimum absolute atomic E-state index is 0.00387. The van der Waals surface area contributed by atoms with Crippen LogP contribution in [0.15, 0.2) is 12.1 Å². The van der Waals surface area contributed by atoms with E-state index in [1.54, 1.807) is 0 Å². The number of piperidine rings is 1. The summed E-state index contributed by atoms with van der Waals surface area (Å²) < 4.78 is 0. The number of anilines is 1. The lowest BCUT2D eigenvalue weighted by atomic mass is 9.93. The number of nitro groups is 1. The monoisotopic (exact) mass is 269 g/mol. The summed E-state index contributed by atoms with van der Waals surface area (Å²) in [6.07, 6.45) is 2.15. The van der Waals surface area contributed by atoms with Crippen LogP contribution >= 0.6 is 11.6 Å². The molecule has 0 spiro atoms. The minimum atomic E-state index is -0.436. The summed E-state index contributed by atoms with van der Waals surface area (Å²) in [5.74, 6) is 1.29. The summed E-state index contributed by atoms with van der Waals surface area (Å²) in [5, 5.41) is 11.0. The van der Waals surface area contributed by atoms with Crippen molar-refractivity contribution < 1.29 is 4.92 Å². The first-order valence-electron chi connectivity index (χ1n) is 6.06. The summed E-state index contributed by atoms with van der Waals surface area (Å²) in [4.78, 5) is 16.7. The van der Waals surface area contributed by atoms with Gasteiger partial charge in [0.25, 0.3) is 5.69 Å². The zero-order valence-electron chi connectivity index (χ0n) is 10.5. The topological polar surface area (TPSA) is 59.3 Å². The van der Waals surface area contributed by atoms with Crippen LogP contribution in [0, 0.1) is 16.0 Å². The third kappa shape index (κ3) is 2.72. The van der Waals surface area contributed by atoms with E-state index < -0.39 is 4.92 Å². The molecule has 1 aliphatic rings. The summed E-state index contributed by atoms with van der Waals surface area (Å²) >= 11 is 5.85. The van der Waals surface area contributed by atoms with Crippen LogP contribution in [0.5, 0.6) is 0 Å². The quantitative estimate of drug-likeness (QED) is 0.470. The fraction of sp³-hybridized carbons (Fsp3) is 0.583. The number of hydrogen-bond acceptors (Lipinski definition) is 4. The Morgan fingerprint density at radius 3 is 2.83 bits per heavy atom. The van der Waals surface area contributed by atoms with E-state index in [4.69, 9.17) is 11.6 Å². The molecule has 6 heteroatoms. The van der Waals surface area contributed by atoms with Gasteiger partial charge < -0.3 is 4.90 Å². The Morgan fingerprint density at radius 2 is 2.22 bits per heavy atom. The third-order valence-corrected chi connectivity index (χ3v) is 3.60. The second kappa shape index (κ2) is 5.10. The van der Waals surface area contributed by atoms with Gasteiger partial charge in [0.15, 0.2) is 0 Å². The fourth-order valence-electron chi connectivity index (χ4n) is 2.47. The molecule has 1 saturated heterocycles. The van der Waals surface area contributed by atoms with Crippen molar-refractivity contribution in [2.24, 2.45) is 5.92 Å². The Bertz CT molecular complexity index is 467. The Kier molecular flexibility index (Phi) is 3.71. The lowest BCUT2D eigenvalue weighted by molar-refractivity contribution is -0.384.